The molecule has 0 aromatic heterocycles. The summed E-state index contributed by atoms with van der Waals surface area (Å²) < 4.78 is 0. The Morgan fingerprint density at radius 2 is 1.79 bits per heavy atom. The van der Waals surface area contributed by atoms with E-state index >= 15 is 0 Å². The van der Waals surface area contributed by atoms with Crippen LogP contribution in [-0.4, -0.2) is 52.6 Å². The Hall–Kier alpha value is -1.26. The number of hydrogen-bond acceptors (Lipinski definition) is 2. The lowest BCUT2D eigenvalue weighted by Crippen LogP contribution is -2.59. The third kappa shape index (κ3) is 2.85. The van der Waals surface area contributed by atoms with Gasteiger partial charge in [-0.2, -0.15) is 0 Å². The molecule has 1 N–H and O–H groups in total. The average Bonchev–Trinajstić information content (AvgIpc) is 2.29. The minimum atomic E-state index is -0.767. The van der Waals surface area contributed by atoms with Crippen LogP contribution in [0.15, 0.2) is 0 Å². The third-order valence-electron chi connectivity index (χ3n) is 4.64. The van der Waals surface area contributed by atoms with Crippen molar-refractivity contribution in [1.29, 1.82) is 0 Å². The number of carboxylic acids is 1. The summed E-state index contributed by atoms with van der Waals surface area (Å²) in [6.45, 7) is 8.00. The highest BCUT2D eigenvalue weighted by Crippen LogP contribution is 2.28. The number of carbonyl (C=O) groups excluding carboxylic acids is 1. The minimum Gasteiger partial charge on any atom is -0.481 e. The quantitative estimate of drug-likeness (QED) is 0.831. The maximum absolute atomic E-state index is 12.4. The fourth-order valence-electron chi connectivity index (χ4n) is 2.92. The Kier molecular flexibility index (Phi) is 4.02. The van der Waals surface area contributed by atoms with Crippen LogP contribution in [0.5, 0.6) is 0 Å². The van der Waals surface area contributed by atoms with Gasteiger partial charge in [-0.1, -0.05) is 13.8 Å². The van der Waals surface area contributed by atoms with E-state index in [0.717, 1.165) is 13.0 Å². The lowest BCUT2D eigenvalue weighted by molar-refractivity contribution is -0.145. The van der Waals surface area contributed by atoms with Gasteiger partial charge in [0.1, 0.15) is 0 Å². The van der Waals surface area contributed by atoms with Gasteiger partial charge in [0.2, 0.25) is 0 Å². The fraction of sp³-hybridized carbons (Fsp3) is 0.857. The van der Waals surface area contributed by atoms with Crippen molar-refractivity contribution in [3.8, 4) is 0 Å². The van der Waals surface area contributed by atoms with E-state index in [4.69, 9.17) is 5.11 Å². The summed E-state index contributed by atoms with van der Waals surface area (Å²) in [5.41, 5.74) is 0. The molecule has 2 saturated heterocycles. The highest BCUT2D eigenvalue weighted by atomic mass is 16.4. The maximum Gasteiger partial charge on any atom is 0.320 e. The molecule has 0 saturated carbocycles. The number of aliphatic carboxylic acids is 1. The molecule has 0 bridgehead atoms. The second kappa shape index (κ2) is 5.39. The number of hydrogen-bond donors (Lipinski definition) is 1. The first-order chi connectivity index (χ1) is 8.90. The molecule has 2 rings (SSSR count). The molecule has 3 atom stereocenters. The fourth-order valence-corrected chi connectivity index (χ4v) is 2.92. The molecule has 0 radical (unpaired) electrons. The molecule has 5 nitrogen and oxygen atoms in total. The first-order valence-corrected chi connectivity index (χ1v) is 7.18. The van der Waals surface area contributed by atoms with Gasteiger partial charge in [-0.25, -0.2) is 4.79 Å². The van der Waals surface area contributed by atoms with Gasteiger partial charge in [0.15, 0.2) is 0 Å². The smallest absolute Gasteiger partial charge is 0.320 e. The SMILES string of the molecule is CC1CCC(C)N(C(=O)N2CC(C(C)C(=O)O)C2)C1. The van der Waals surface area contributed by atoms with Gasteiger partial charge in [0.25, 0.3) is 0 Å². The molecular formula is C14H24N2O3. The van der Waals surface area contributed by atoms with Crippen LogP contribution in [0.2, 0.25) is 0 Å². The minimum absolute atomic E-state index is 0.0906. The van der Waals surface area contributed by atoms with Crippen LogP contribution >= 0.6 is 0 Å². The Morgan fingerprint density at radius 3 is 2.37 bits per heavy atom. The second-order valence-electron chi connectivity index (χ2n) is 6.26. The van der Waals surface area contributed by atoms with Crippen molar-refractivity contribution >= 4 is 12.0 Å². The predicted octanol–water partition coefficient (Wildman–Crippen LogP) is 1.88. The van der Waals surface area contributed by atoms with Crippen LogP contribution in [0.1, 0.15) is 33.6 Å². The van der Waals surface area contributed by atoms with E-state index in [1.807, 2.05) is 4.90 Å². The number of amides is 2. The van der Waals surface area contributed by atoms with Crippen LogP contribution in [-0.2, 0) is 4.79 Å². The summed E-state index contributed by atoms with van der Waals surface area (Å²) in [7, 11) is 0. The number of carbonyl (C=O) groups is 2. The van der Waals surface area contributed by atoms with Crippen LogP contribution in [0.4, 0.5) is 4.79 Å². The van der Waals surface area contributed by atoms with Gasteiger partial charge in [-0.15, -0.1) is 0 Å². The molecule has 0 aromatic carbocycles. The lowest BCUT2D eigenvalue weighted by Gasteiger charge is -2.46. The molecule has 2 fully saturated rings. The van der Waals surface area contributed by atoms with Crippen LogP contribution in [0, 0.1) is 17.8 Å². The zero-order chi connectivity index (χ0) is 14.2. The zero-order valence-corrected chi connectivity index (χ0v) is 12.0. The summed E-state index contributed by atoms with van der Waals surface area (Å²) in [6.07, 6.45) is 2.25. The summed E-state index contributed by atoms with van der Waals surface area (Å²) in [6, 6.07) is 0.396. The van der Waals surface area contributed by atoms with Crippen LogP contribution < -0.4 is 0 Å². The van der Waals surface area contributed by atoms with Crippen molar-refractivity contribution in [3.63, 3.8) is 0 Å². The first-order valence-electron chi connectivity index (χ1n) is 7.18. The topological polar surface area (TPSA) is 60.9 Å². The molecule has 3 unspecified atom stereocenters. The monoisotopic (exact) mass is 268 g/mol. The van der Waals surface area contributed by atoms with Crippen LogP contribution in [0.3, 0.4) is 0 Å². The largest absolute Gasteiger partial charge is 0.481 e. The number of likely N-dealkylation sites (tertiary alicyclic amines) is 2. The normalized spacial score (nSPS) is 29.8. The maximum atomic E-state index is 12.4. The molecule has 19 heavy (non-hydrogen) atoms. The number of urea groups is 1. The van der Waals surface area contributed by atoms with Crippen molar-refractivity contribution in [2.45, 2.75) is 39.7 Å². The standard InChI is InChI=1S/C14H24N2O3/c1-9-4-5-10(2)16(6-9)14(19)15-7-12(8-15)11(3)13(17)18/h9-12H,4-8H2,1-3H3,(H,17,18). The molecule has 2 heterocycles. The lowest BCUT2D eigenvalue weighted by atomic mass is 9.87. The Bertz CT molecular complexity index is 366. The predicted molar refractivity (Wildman–Crippen MR) is 71.8 cm³/mol. The van der Waals surface area contributed by atoms with Crippen molar-refractivity contribution in [2.75, 3.05) is 19.6 Å². The van der Waals surface area contributed by atoms with E-state index in [9.17, 15) is 9.59 Å². The molecule has 2 aliphatic rings. The van der Waals surface area contributed by atoms with E-state index in [1.54, 1.807) is 11.8 Å². The Morgan fingerprint density at radius 1 is 1.16 bits per heavy atom. The van der Waals surface area contributed by atoms with E-state index in [-0.39, 0.29) is 17.9 Å². The third-order valence-corrected chi connectivity index (χ3v) is 4.64. The molecule has 0 aliphatic carbocycles. The van der Waals surface area contributed by atoms with Gasteiger partial charge in [0, 0.05) is 31.6 Å². The highest BCUT2D eigenvalue weighted by molar-refractivity contribution is 5.76. The molecule has 2 aliphatic heterocycles. The van der Waals surface area contributed by atoms with E-state index in [0.29, 0.717) is 25.0 Å². The van der Waals surface area contributed by atoms with Gasteiger partial charge in [-0.3, -0.25) is 4.79 Å². The first kappa shape index (κ1) is 14.2. The van der Waals surface area contributed by atoms with Crippen molar-refractivity contribution in [1.82, 2.24) is 9.80 Å². The Balaban J connectivity index is 1.87. The number of nitrogens with zero attached hydrogens (tertiary/aromatic N) is 2. The molecular weight excluding hydrogens is 244 g/mol. The molecule has 0 spiro atoms. The van der Waals surface area contributed by atoms with Gasteiger partial charge < -0.3 is 14.9 Å². The summed E-state index contributed by atoms with van der Waals surface area (Å²) in [5, 5.41) is 8.95. The van der Waals surface area contributed by atoms with Gasteiger partial charge in [-0.05, 0) is 25.7 Å². The average molecular weight is 268 g/mol. The summed E-state index contributed by atoms with van der Waals surface area (Å²) >= 11 is 0. The van der Waals surface area contributed by atoms with Crippen molar-refractivity contribution in [3.05, 3.63) is 0 Å². The van der Waals surface area contributed by atoms with Gasteiger partial charge >= 0.3 is 12.0 Å². The van der Waals surface area contributed by atoms with Crippen LogP contribution in [0.25, 0.3) is 0 Å². The highest BCUT2D eigenvalue weighted by Gasteiger charge is 2.40. The Labute approximate surface area is 114 Å². The molecule has 0 aromatic rings. The molecule has 2 amide bonds. The zero-order valence-electron chi connectivity index (χ0n) is 12.0. The van der Waals surface area contributed by atoms with Crippen molar-refractivity contribution < 1.29 is 14.7 Å². The second-order valence-corrected chi connectivity index (χ2v) is 6.26. The number of carboxylic acid groups (broad SMARTS) is 1. The van der Waals surface area contributed by atoms with Crippen molar-refractivity contribution in [2.24, 2.45) is 17.8 Å². The summed E-state index contributed by atoms with van der Waals surface area (Å²) in [5.74, 6) is -0.451. The number of rotatable bonds is 2. The van der Waals surface area contributed by atoms with E-state index in [2.05, 4.69) is 13.8 Å². The molecule has 108 valence electrons. The van der Waals surface area contributed by atoms with E-state index in [1.165, 1.54) is 6.42 Å². The number of piperidine rings is 1. The van der Waals surface area contributed by atoms with E-state index < -0.39 is 5.97 Å². The van der Waals surface area contributed by atoms with Gasteiger partial charge in [0.05, 0.1) is 5.92 Å². The molecule has 5 heteroatoms. The summed E-state index contributed by atoms with van der Waals surface area (Å²) in [4.78, 5) is 27.0.